The number of phenols is 2. The highest BCUT2D eigenvalue weighted by Gasteiger charge is 2.55. The number of aromatic hydroxyl groups is 2. The summed E-state index contributed by atoms with van der Waals surface area (Å²) in [6, 6.07) is 1.36. The van der Waals surface area contributed by atoms with Crippen LogP contribution in [0, 0.1) is 0 Å². The number of methoxy groups -OCH3 is 2. The van der Waals surface area contributed by atoms with E-state index >= 15 is 0 Å². The smallest absolute Gasteiger partial charge is 0.253 e. The van der Waals surface area contributed by atoms with Crippen LogP contribution in [-0.2, 0) is 82.6 Å². The van der Waals surface area contributed by atoms with Gasteiger partial charge in [-0.2, -0.15) is 0 Å². The number of nitrogens with one attached hydrogen (secondary N) is 4. The van der Waals surface area contributed by atoms with Gasteiger partial charge in [-0.3, -0.25) is 53.0 Å². The molecule has 9 N–H and O–H groups in total. The van der Waals surface area contributed by atoms with Crippen LogP contribution >= 0.6 is 0 Å². The minimum Gasteiger partial charge on any atom is -0.507 e. The van der Waals surface area contributed by atoms with E-state index in [2.05, 4.69) is 26.2 Å². The number of nitrogens with zero attached hydrogens (tertiary/aromatic N) is 2. The number of aliphatic hydroxyl groups is 1. The first-order valence-electron chi connectivity index (χ1n) is 27.5. The van der Waals surface area contributed by atoms with Crippen molar-refractivity contribution in [1.82, 2.24) is 31.1 Å². The van der Waals surface area contributed by atoms with Gasteiger partial charge < -0.3 is 89.7 Å². The second kappa shape index (κ2) is 28.2. The van der Waals surface area contributed by atoms with Crippen LogP contribution in [0.2, 0.25) is 0 Å². The minimum atomic E-state index is -2.41. The van der Waals surface area contributed by atoms with Crippen LogP contribution in [0.5, 0.6) is 17.2 Å². The van der Waals surface area contributed by atoms with Crippen LogP contribution in [0.4, 0.5) is 0 Å². The van der Waals surface area contributed by atoms with Crippen molar-refractivity contribution in [3.8, 4) is 17.2 Å². The van der Waals surface area contributed by atoms with E-state index in [1.165, 1.54) is 51.5 Å². The zero-order valence-corrected chi connectivity index (χ0v) is 46.9. The Bertz CT molecular complexity index is 2850. The zero-order chi connectivity index (χ0) is 60.4. The predicted octanol–water partition coefficient (Wildman–Crippen LogP) is -2.37. The summed E-state index contributed by atoms with van der Waals surface area (Å²) in [7, 11) is 2.82. The number of carbonyl (C=O) groups is 9. The number of primary amides is 1. The van der Waals surface area contributed by atoms with Gasteiger partial charge in [-0.15, -0.1) is 0 Å². The van der Waals surface area contributed by atoms with E-state index in [1.807, 2.05) is 0 Å². The number of fused-ring (bicyclic) bond motifs is 6. The molecule has 0 spiro atoms. The molecule has 8 rings (SSSR count). The fourth-order valence-corrected chi connectivity index (χ4v) is 11.0. The van der Waals surface area contributed by atoms with Gasteiger partial charge in [0.15, 0.2) is 24.6 Å². The molecule has 2 aliphatic carbocycles. The van der Waals surface area contributed by atoms with Crippen molar-refractivity contribution >= 4 is 52.9 Å². The Labute approximate surface area is 481 Å². The number of hydrogen-bond donors (Lipinski definition) is 8. The number of amides is 7. The van der Waals surface area contributed by atoms with Crippen LogP contribution < -0.4 is 31.7 Å². The molecule has 3 saturated heterocycles. The molecule has 29 heteroatoms. The first-order valence-corrected chi connectivity index (χ1v) is 27.5. The number of phenolic OH excluding ortho intramolecular Hbond substituents is 2. The molecule has 2 aromatic rings. The summed E-state index contributed by atoms with van der Waals surface area (Å²) in [6.07, 6.45) is -4.17. The highest BCUT2D eigenvalue weighted by Crippen LogP contribution is 2.53. The lowest BCUT2D eigenvalue weighted by atomic mass is 9.72. The SMILES string of the molecule is COc1cccc2c1C(=O)c1c(O)c3c(c(O)c1C2=O)C[C@@](O)(C(=O)NCCNC(=O)[C@H](C)NC(=O)[C@H](CC(N)=O)NC(=O)CCOCCOCCOCCOCCN1C(=O)C=CC1=O)C[C@@H]3O[C@H]1C[C@H]2[C@H](O[C@@H]3[C@@H](OC)OCCN32)[C@H](C)O1. The van der Waals surface area contributed by atoms with Crippen LogP contribution in [0.3, 0.4) is 0 Å². The van der Waals surface area contributed by atoms with E-state index < -0.39 is 138 Å². The zero-order valence-electron chi connectivity index (χ0n) is 46.9. The molecule has 0 unspecified atom stereocenters. The molecule has 4 aliphatic heterocycles. The van der Waals surface area contributed by atoms with E-state index in [-0.39, 0.29) is 131 Å². The summed E-state index contributed by atoms with van der Waals surface area (Å²) in [5.74, 6) is -8.01. The molecule has 10 atom stereocenters. The molecule has 0 radical (unpaired) electrons. The molecular weight excluding hydrogens is 1110 g/mol. The van der Waals surface area contributed by atoms with Gasteiger partial charge >= 0.3 is 0 Å². The quantitative estimate of drug-likeness (QED) is 0.0205. The summed E-state index contributed by atoms with van der Waals surface area (Å²) in [4.78, 5) is 120. The minimum absolute atomic E-state index is 0.0532. The Morgan fingerprint density at radius 2 is 1.48 bits per heavy atom. The van der Waals surface area contributed by atoms with E-state index in [1.54, 1.807) is 6.92 Å². The van der Waals surface area contributed by atoms with Crippen molar-refractivity contribution in [1.29, 1.82) is 0 Å². The van der Waals surface area contributed by atoms with Crippen molar-refractivity contribution in [3.63, 3.8) is 0 Å². The number of carbonyl (C=O) groups excluding carboxylic acids is 9. The third kappa shape index (κ3) is 14.2. The largest absolute Gasteiger partial charge is 0.507 e. The first kappa shape index (κ1) is 63.0. The second-order valence-electron chi connectivity index (χ2n) is 20.6. The van der Waals surface area contributed by atoms with Crippen LogP contribution in [0.1, 0.15) is 88.6 Å². The Kier molecular flexibility index (Phi) is 21.2. The van der Waals surface area contributed by atoms with Gasteiger partial charge in [0.1, 0.15) is 41.0 Å². The monoisotopic (exact) mass is 1180 g/mol. The van der Waals surface area contributed by atoms with Gasteiger partial charge in [0, 0.05) is 87.3 Å². The van der Waals surface area contributed by atoms with Gasteiger partial charge in [-0.1, -0.05) is 12.1 Å². The van der Waals surface area contributed by atoms with Crippen molar-refractivity contribution < 1.29 is 106 Å². The molecule has 0 aromatic heterocycles. The van der Waals surface area contributed by atoms with Crippen LogP contribution in [-0.4, -0.2) is 233 Å². The molecule has 4 heterocycles. The van der Waals surface area contributed by atoms with Crippen molar-refractivity contribution in [3.05, 3.63) is 63.7 Å². The standard InChI is InChI=1S/C55H71N7O22/c1-28(59-51(72)32(24-36(56)63)60-37(64)10-15-77-18-20-79-22-23-80-21-19-78-16-13-62-38(65)8-9-39(62)66)50(71)57-11-12-58-54(73)55(74)26-31-42(48(70)44-43(46(31)68)45(67)30-6-5-7-34(75-3)41(30)47(44)69)35(27-55)83-40-25-33-49(29(2)82-40)84-52-53(76-4)81-17-14-61(33)52/h5-9,28-29,32-33,35,40,49,52-53,68,70,74H,10-27H2,1-4H3,(H2,56,63)(H,57,71)(H,58,73)(H,59,72)(H,60,64)/t28-,29-,32-,33-,35-,40-,49+,52+,53-,55-/m0/s1. The number of ether oxygens (including phenoxy) is 10. The second-order valence-corrected chi connectivity index (χ2v) is 20.6. The topological polar surface area (TPSA) is 387 Å². The summed E-state index contributed by atoms with van der Waals surface area (Å²) in [5.41, 5.74) is 1.27. The Balaban J connectivity index is 0.815. The molecule has 6 aliphatic rings. The van der Waals surface area contributed by atoms with Gasteiger partial charge in [-0.25, -0.2) is 0 Å². The van der Waals surface area contributed by atoms with E-state index in [0.717, 1.165) is 4.90 Å². The normalized spacial score (nSPS) is 25.0. The number of ketones is 2. The highest BCUT2D eigenvalue weighted by molar-refractivity contribution is 6.31. The third-order valence-corrected chi connectivity index (χ3v) is 15.1. The molecular formula is C55H71N7O22. The Morgan fingerprint density at radius 3 is 2.14 bits per heavy atom. The lowest BCUT2D eigenvalue weighted by Crippen LogP contribution is -2.56. The Morgan fingerprint density at radius 1 is 0.821 bits per heavy atom. The fourth-order valence-electron chi connectivity index (χ4n) is 11.0. The summed E-state index contributed by atoms with van der Waals surface area (Å²) in [5, 5.41) is 46.5. The molecule has 29 nitrogen and oxygen atoms in total. The van der Waals surface area contributed by atoms with Gasteiger partial charge in [0.2, 0.25) is 29.4 Å². The Hall–Kier alpha value is -7.03. The fraction of sp³-hybridized carbons (Fsp3) is 0.582. The van der Waals surface area contributed by atoms with E-state index in [9.17, 15) is 58.5 Å². The maximum absolute atomic E-state index is 14.3. The maximum atomic E-state index is 14.3. The lowest BCUT2D eigenvalue weighted by Gasteiger charge is -2.43. The maximum Gasteiger partial charge on any atom is 0.253 e. The molecule has 84 heavy (non-hydrogen) atoms. The molecule has 3 fully saturated rings. The lowest BCUT2D eigenvalue weighted by molar-refractivity contribution is -0.256. The van der Waals surface area contributed by atoms with Gasteiger partial charge in [-0.05, 0) is 19.9 Å². The van der Waals surface area contributed by atoms with E-state index in [0.29, 0.717) is 13.2 Å². The molecule has 7 amide bonds. The number of imide groups is 1. The van der Waals surface area contributed by atoms with Crippen molar-refractivity contribution in [2.24, 2.45) is 5.73 Å². The average molecular weight is 1180 g/mol. The van der Waals surface area contributed by atoms with Gasteiger partial charge in [0.05, 0.1) is 108 Å². The number of morpholine rings is 1. The highest BCUT2D eigenvalue weighted by atomic mass is 16.7. The first-order chi connectivity index (χ1) is 40.3. The molecule has 0 bridgehead atoms. The molecule has 458 valence electrons. The molecule has 2 aromatic carbocycles. The molecule has 0 saturated carbocycles. The van der Waals surface area contributed by atoms with Crippen molar-refractivity contribution in [2.75, 3.05) is 99.9 Å². The number of hydrogen-bond acceptors (Lipinski definition) is 23. The summed E-state index contributed by atoms with van der Waals surface area (Å²) >= 11 is 0. The number of benzene rings is 2. The van der Waals surface area contributed by atoms with E-state index in [4.69, 9.17) is 53.1 Å². The predicted molar refractivity (Wildman–Crippen MR) is 285 cm³/mol. The number of rotatable bonds is 29. The van der Waals surface area contributed by atoms with Crippen LogP contribution in [0.25, 0.3) is 0 Å². The van der Waals surface area contributed by atoms with Gasteiger partial charge in [0.25, 0.3) is 17.7 Å². The summed E-state index contributed by atoms with van der Waals surface area (Å²) in [6.45, 7) is 5.04. The van der Waals surface area contributed by atoms with Crippen LogP contribution in [0.15, 0.2) is 30.4 Å². The van der Waals surface area contributed by atoms with Crippen molar-refractivity contribution in [2.45, 2.75) is 107 Å². The summed E-state index contributed by atoms with van der Waals surface area (Å²) < 4.78 is 57.6. The average Bonchev–Trinajstić information content (AvgIpc) is 0.907. The third-order valence-electron chi connectivity index (χ3n) is 15.1. The number of nitrogens with two attached hydrogens (primary N) is 1.